The number of nitrogens with one attached hydrogen (secondary N) is 1. The quantitative estimate of drug-likeness (QED) is 0.720. The number of hydrogen-bond donors (Lipinski definition) is 2. The first-order valence-corrected chi connectivity index (χ1v) is 8.80. The molecule has 2 N–H and O–H groups in total. The van der Waals surface area contributed by atoms with Gasteiger partial charge in [0.1, 0.15) is 22.8 Å². The van der Waals surface area contributed by atoms with Gasteiger partial charge in [-0.05, 0) is 32.3 Å². The molecular formula is C18H22N6O. The number of aliphatic hydroxyl groups is 1. The summed E-state index contributed by atoms with van der Waals surface area (Å²) < 4.78 is 2.08. The molecule has 4 rings (SSSR count). The molecule has 0 amide bonds. The van der Waals surface area contributed by atoms with Crippen LogP contribution in [0.2, 0.25) is 0 Å². The van der Waals surface area contributed by atoms with Gasteiger partial charge in [0.05, 0.1) is 6.20 Å². The van der Waals surface area contributed by atoms with Crippen LogP contribution in [0.25, 0.3) is 26.9 Å². The summed E-state index contributed by atoms with van der Waals surface area (Å²) in [5.74, 6) is 1.11. The van der Waals surface area contributed by atoms with Gasteiger partial charge in [-0.3, -0.25) is 0 Å². The van der Waals surface area contributed by atoms with Gasteiger partial charge in [0.2, 0.25) is 6.54 Å². The number of H-pyrrole nitrogens is 1. The molecule has 25 heavy (non-hydrogen) atoms. The van der Waals surface area contributed by atoms with E-state index in [9.17, 15) is 5.11 Å². The van der Waals surface area contributed by atoms with Crippen LogP contribution < -0.4 is 5.01 Å². The number of imidazole rings is 1. The Balaban J connectivity index is 1.83. The van der Waals surface area contributed by atoms with Crippen LogP contribution in [0, 0.1) is 12.5 Å². The second-order valence-corrected chi connectivity index (χ2v) is 6.78. The van der Waals surface area contributed by atoms with Gasteiger partial charge in [0.15, 0.2) is 5.82 Å². The van der Waals surface area contributed by atoms with Crippen molar-refractivity contribution in [2.45, 2.75) is 32.3 Å². The number of aliphatic hydroxyl groups excluding tert-OH is 1. The van der Waals surface area contributed by atoms with Gasteiger partial charge < -0.3 is 19.9 Å². The second kappa shape index (κ2) is 6.37. The number of nitrogens with zero attached hydrogens (tertiary/aromatic N) is 5. The maximum absolute atomic E-state index is 10.3. The molecule has 0 saturated carbocycles. The summed E-state index contributed by atoms with van der Waals surface area (Å²) in [5.41, 5.74) is 2.61. The fourth-order valence-electron chi connectivity index (χ4n) is 3.79. The Kier molecular flexibility index (Phi) is 4.06. The molecule has 4 heterocycles. The Morgan fingerprint density at radius 3 is 3.12 bits per heavy atom. The molecule has 0 aliphatic carbocycles. The van der Waals surface area contributed by atoms with Crippen LogP contribution in [0.5, 0.6) is 0 Å². The number of hydrogen-bond acceptors (Lipinski definition) is 4. The van der Waals surface area contributed by atoms with E-state index >= 15 is 0 Å². The third-order valence-corrected chi connectivity index (χ3v) is 5.03. The van der Waals surface area contributed by atoms with Gasteiger partial charge in [-0.1, -0.05) is 0 Å². The van der Waals surface area contributed by atoms with E-state index < -0.39 is 6.10 Å². The SMILES string of the molecule is [C-]#[N+]CC1CCCN(n2c([C@@H](C)O)nc3cnc4[nH]ccc4c32)CC1. The van der Waals surface area contributed by atoms with E-state index in [1.165, 1.54) is 0 Å². The van der Waals surface area contributed by atoms with Crippen molar-refractivity contribution in [1.82, 2.24) is 19.6 Å². The number of pyridine rings is 1. The molecule has 1 fully saturated rings. The Morgan fingerprint density at radius 1 is 1.44 bits per heavy atom. The molecule has 130 valence electrons. The highest BCUT2D eigenvalue weighted by Gasteiger charge is 2.25. The van der Waals surface area contributed by atoms with Crippen LogP contribution >= 0.6 is 0 Å². The maximum atomic E-state index is 10.3. The van der Waals surface area contributed by atoms with Crippen LogP contribution in [0.15, 0.2) is 18.5 Å². The molecule has 7 heteroatoms. The lowest BCUT2D eigenvalue weighted by Gasteiger charge is -2.27. The molecule has 0 aromatic carbocycles. The molecule has 0 spiro atoms. The highest BCUT2D eigenvalue weighted by molar-refractivity contribution is 6.01. The summed E-state index contributed by atoms with van der Waals surface area (Å²) in [6.07, 6.45) is 6.09. The van der Waals surface area contributed by atoms with Crippen LogP contribution in [0.3, 0.4) is 0 Å². The lowest BCUT2D eigenvalue weighted by atomic mass is 10.0. The first-order chi connectivity index (χ1) is 12.2. The number of aromatic nitrogens is 4. The van der Waals surface area contributed by atoms with Gasteiger partial charge in [-0.25, -0.2) is 21.2 Å². The van der Waals surface area contributed by atoms with Gasteiger partial charge in [-0.15, -0.1) is 0 Å². The highest BCUT2D eigenvalue weighted by atomic mass is 16.3. The summed E-state index contributed by atoms with van der Waals surface area (Å²) in [6, 6.07) is 2.01. The minimum Gasteiger partial charge on any atom is -0.385 e. The molecule has 1 saturated heterocycles. The smallest absolute Gasteiger partial charge is 0.217 e. The molecule has 1 aliphatic rings. The monoisotopic (exact) mass is 338 g/mol. The van der Waals surface area contributed by atoms with Crippen molar-refractivity contribution < 1.29 is 5.11 Å². The minimum atomic E-state index is -0.663. The molecule has 1 unspecified atom stereocenters. The van der Waals surface area contributed by atoms with Crippen molar-refractivity contribution in [3.63, 3.8) is 0 Å². The molecule has 1 aliphatic heterocycles. The molecule has 0 radical (unpaired) electrons. The van der Waals surface area contributed by atoms with Gasteiger partial charge in [-0.2, -0.15) is 0 Å². The third kappa shape index (κ3) is 2.72. The average molecular weight is 338 g/mol. The van der Waals surface area contributed by atoms with Crippen LogP contribution in [-0.4, -0.2) is 44.4 Å². The molecule has 3 aromatic heterocycles. The molecule has 2 atom stereocenters. The van der Waals surface area contributed by atoms with Gasteiger partial charge in [0, 0.05) is 30.6 Å². The van der Waals surface area contributed by atoms with E-state index in [-0.39, 0.29) is 0 Å². The lowest BCUT2D eigenvalue weighted by Crippen LogP contribution is -2.37. The van der Waals surface area contributed by atoms with Crippen LogP contribution in [-0.2, 0) is 0 Å². The first kappa shape index (κ1) is 15.9. The Morgan fingerprint density at radius 2 is 2.32 bits per heavy atom. The summed E-state index contributed by atoms with van der Waals surface area (Å²) in [4.78, 5) is 15.8. The van der Waals surface area contributed by atoms with E-state index in [0.717, 1.165) is 54.4 Å². The predicted molar refractivity (Wildman–Crippen MR) is 96.8 cm³/mol. The molecule has 0 bridgehead atoms. The summed E-state index contributed by atoms with van der Waals surface area (Å²) in [5, 5.41) is 13.6. The standard InChI is InChI=1S/C18H22N6O/c1-12(25)18-22-15-11-21-17-14(5-7-20-17)16(15)24(18)23-8-3-4-13(6-9-23)10-19-2/h5,7,11-13,25H,3-4,6,8-10H2,1H3,(H,20,21)/t12-,13?/m1/s1. The predicted octanol–water partition coefficient (Wildman–Crippen LogP) is 2.62. The minimum absolute atomic E-state index is 0.459. The van der Waals surface area contributed by atoms with E-state index in [2.05, 4.69) is 29.5 Å². The summed E-state index contributed by atoms with van der Waals surface area (Å²) in [7, 11) is 0. The second-order valence-electron chi connectivity index (χ2n) is 6.78. The Bertz CT molecular complexity index is 934. The zero-order valence-corrected chi connectivity index (χ0v) is 14.3. The Labute approximate surface area is 146 Å². The van der Waals surface area contributed by atoms with Crippen molar-refractivity contribution in [2.75, 3.05) is 24.6 Å². The van der Waals surface area contributed by atoms with Gasteiger partial charge >= 0.3 is 0 Å². The molecular weight excluding hydrogens is 316 g/mol. The van der Waals surface area contributed by atoms with Crippen molar-refractivity contribution in [2.24, 2.45) is 5.92 Å². The van der Waals surface area contributed by atoms with Crippen molar-refractivity contribution >= 4 is 22.1 Å². The zero-order valence-electron chi connectivity index (χ0n) is 14.3. The van der Waals surface area contributed by atoms with Crippen molar-refractivity contribution in [3.05, 3.63) is 35.7 Å². The summed E-state index contributed by atoms with van der Waals surface area (Å²) in [6.45, 7) is 11.2. The topological polar surface area (TPSA) is 74.3 Å². The average Bonchev–Trinajstić information content (AvgIpc) is 3.15. The van der Waals surface area contributed by atoms with E-state index in [0.29, 0.717) is 18.3 Å². The molecule has 3 aromatic rings. The Hall–Kier alpha value is -2.59. The normalized spacial score (nSPS) is 19.9. The summed E-state index contributed by atoms with van der Waals surface area (Å²) >= 11 is 0. The van der Waals surface area contributed by atoms with E-state index in [4.69, 9.17) is 6.57 Å². The largest absolute Gasteiger partial charge is 0.385 e. The van der Waals surface area contributed by atoms with Crippen molar-refractivity contribution in [1.29, 1.82) is 0 Å². The van der Waals surface area contributed by atoms with Gasteiger partial charge in [0.25, 0.3) is 0 Å². The fraction of sp³-hybridized carbons (Fsp3) is 0.500. The van der Waals surface area contributed by atoms with E-state index in [1.54, 1.807) is 13.1 Å². The maximum Gasteiger partial charge on any atom is 0.217 e. The number of aromatic amines is 1. The number of rotatable bonds is 3. The number of fused-ring (bicyclic) bond motifs is 3. The van der Waals surface area contributed by atoms with E-state index in [1.807, 2.05) is 12.3 Å². The lowest BCUT2D eigenvalue weighted by molar-refractivity contribution is 0.183. The first-order valence-electron chi connectivity index (χ1n) is 8.80. The third-order valence-electron chi connectivity index (χ3n) is 5.03. The van der Waals surface area contributed by atoms with Crippen molar-refractivity contribution in [3.8, 4) is 0 Å². The van der Waals surface area contributed by atoms with Crippen LogP contribution in [0.1, 0.15) is 38.1 Å². The van der Waals surface area contributed by atoms with Crippen LogP contribution in [0.4, 0.5) is 0 Å². The fourth-order valence-corrected chi connectivity index (χ4v) is 3.79. The molecule has 7 nitrogen and oxygen atoms in total. The highest BCUT2D eigenvalue weighted by Crippen LogP contribution is 2.28. The zero-order chi connectivity index (χ0) is 17.4.